The van der Waals surface area contributed by atoms with Crippen molar-refractivity contribution in [2.45, 2.75) is 11.8 Å². The van der Waals surface area contributed by atoms with Gasteiger partial charge in [-0.15, -0.1) is 0 Å². The van der Waals surface area contributed by atoms with Crippen LogP contribution in [0.3, 0.4) is 0 Å². The van der Waals surface area contributed by atoms with E-state index in [0.29, 0.717) is 25.3 Å². The number of piperazine rings is 1. The molecule has 0 bridgehead atoms. The summed E-state index contributed by atoms with van der Waals surface area (Å²) in [5, 5.41) is 0. The monoisotopic (exact) mass is 355 g/mol. The standard InChI is InChI=1S/C16H25N3O4S/c1-3-18-9-11-19(12-10-18)16(20)14-4-6-15(7-5-14)24(21,22)17-8-13-23-2/h4-7,17H,3,8-13H2,1-2H3. The van der Waals surface area contributed by atoms with Crippen LogP contribution in [0.1, 0.15) is 17.3 Å². The number of carbonyl (C=O) groups is 1. The first kappa shape index (κ1) is 18.9. The molecule has 1 N–H and O–H groups in total. The molecule has 134 valence electrons. The summed E-state index contributed by atoms with van der Waals surface area (Å²) in [5.74, 6) is -0.0537. The molecule has 24 heavy (non-hydrogen) atoms. The summed E-state index contributed by atoms with van der Waals surface area (Å²) in [6.45, 7) is 6.76. The maximum atomic E-state index is 12.5. The summed E-state index contributed by atoms with van der Waals surface area (Å²) in [4.78, 5) is 16.7. The molecule has 0 saturated carbocycles. The number of nitrogens with one attached hydrogen (secondary N) is 1. The van der Waals surface area contributed by atoms with E-state index >= 15 is 0 Å². The number of benzene rings is 1. The van der Waals surface area contributed by atoms with E-state index in [9.17, 15) is 13.2 Å². The van der Waals surface area contributed by atoms with Gasteiger partial charge in [0.15, 0.2) is 0 Å². The lowest BCUT2D eigenvalue weighted by atomic mass is 10.2. The van der Waals surface area contributed by atoms with Crippen LogP contribution in [0.4, 0.5) is 0 Å². The van der Waals surface area contributed by atoms with Crippen LogP contribution in [0.5, 0.6) is 0 Å². The highest BCUT2D eigenvalue weighted by molar-refractivity contribution is 7.89. The molecular formula is C16H25N3O4S. The molecule has 7 nitrogen and oxygen atoms in total. The number of nitrogens with zero attached hydrogens (tertiary/aromatic N) is 2. The van der Waals surface area contributed by atoms with E-state index in [0.717, 1.165) is 19.6 Å². The number of methoxy groups -OCH3 is 1. The SMILES string of the molecule is CCN1CCN(C(=O)c2ccc(S(=O)(=O)NCCOC)cc2)CC1. The third-order valence-electron chi connectivity index (χ3n) is 4.12. The van der Waals surface area contributed by atoms with E-state index < -0.39 is 10.0 Å². The number of likely N-dealkylation sites (N-methyl/N-ethyl adjacent to an activating group) is 1. The van der Waals surface area contributed by atoms with E-state index in [4.69, 9.17) is 4.74 Å². The Morgan fingerprint density at radius 3 is 2.33 bits per heavy atom. The Bertz CT molecular complexity index is 638. The summed E-state index contributed by atoms with van der Waals surface area (Å²) in [7, 11) is -2.06. The number of ether oxygens (including phenoxy) is 1. The van der Waals surface area contributed by atoms with Gasteiger partial charge >= 0.3 is 0 Å². The number of carbonyl (C=O) groups excluding carboxylic acids is 1. The Hall–Kier alpha value is -1.48. The van der Waals surface area contributed by atoms with Crippen LogP contribution < -0.4 is 4.72 Å². The Balaban J connectivity index is 2.00. The van der Waals surface area contributed by atoms with Crippen molar-refractivity contribution in [3.8, 4) is 0 Å². The fourth-order valence-corrected chi connectivity index (χ4v) is 3.60. The minimum Gasteiger partial charge on any atom is -0.383 e. The van der Waals surface area contributed by atoms with Crippen molar-refractivity contribution in [2.75, 3.05) is 53.0 Å². The predicted molar refractivity (Wildman–Crippen MR) is 91.5 cm³/mol. The van der Waals surface area contributed by atoms with Crippen LogP contribution in [-0.4, -0.2) is 77.1 Å². The number of amides is 1. The topological polar surface area (TPSA) is 79.0 Å². The van der Waals surface area contributed by atoms with Gasteiger partial charge in [-0.2, -0.15) is 0 Å². The fourth-order valence-electron chi connectivity index (χ4n) is 2.59. The molecule has 1 aliphatic heterocycles. The van der Waals surface area contributed by atoms with Gasteiger partial charge in [0.05, 0.1) is 11.5 Å². The molecule has 1 aromatic carbocycles. The first-order valence-corrected chi connectivity index (χ1v) is 9.56. The Morgan fingerprint density at radius 2 is 1.79 bits per heavy atom. The van der Waals surface area contributed by atoms with Crippen molar-refractivity contribution in [3.63, 3.8) is 0 Å². The molecule has 1 fully saturated rings. The van der Waals surface area contributed by atoms with Crippen molar-refractivity contribution in [1.29, 1.82) is 0 Å². The summed E-state index contributed by atoms with van der Waals surface area (Å²) >= 11 is 0. The molecule has 1 amide bonds. The molecule has 1 aromatic rings. The maximum absolute atomic E-state index is 12.5. The van der Waals surface area contributed by atoms with Crippen LogP contribution >= 0.6 is 0 Å². The molecule has 1 heterocycles. The molecule has 0 aromatic heterocycles. The number of rotatable bonds is 7. The van der Waals surface area contributed by atoms with E-state index in [1.807, 2.05) is 4.90 Å². The average Bonchev–Trinajstić information content (AvgIpc) is 2.61. The lowest BCUT2D eigenvalue weighted by molar-refractivity contribution is 0.0643. The molecule has 0 aliphatic carbocycles. The zero-order valence-electron chi connectivity index (χ0n) is 14.2. The van der Waals surface area contributed by atoms with E-state index in [-0.39, 0.29) is 17.3 Å². The van der Waals surface area contributed by atoms with Crippen molar-refractivity contribution < 1.29 is 17.9 Å². The summed E-state index contributed by atoms with van der Waals surface area (Å²) < 4.78 is 31.5. The van der Waals surface area contributed by atoms with E-state index in [2.05, 4.69) is 16.5 Å². The van der Waals surface area contributed by atoms with Gasteiger partial charge in [-0.3, -0.25) is 4.79 Å². The van der Waals surface area contributed by atoms with Crippen molar-refractivity contribution in [2.24, 2.45) is 0 Å². The first-order chi connectivity index (χ1) is 11.5. The second-order valence-corrected chi connectivity index (χ2v) is 7.41. The predicted octanol–water partition coefficient (Wildman–Crippen LogP) is 0.389. The van der Waals surface area contributed by atoms with Gasteiger partial charge in [-0.25, -0.2) is 13.1 Å². The lowest BCUT2D eigenvalue weighted by Crippen LogP contribution is -2.48. The molecule has 8 heteroatoms. The summed E-state index contributed by atoms with van der Waals surface area (Å²) in [6.07, 6.45) is 0. The van der Waals surface area contributed by atoms with Crippen LogP contribution in [0.25, 0.3) is 0 Å². The van der Waals surface area contributed by atoms with Crippen molar-refractivity contribution in [1.82, 2.24) is 14.5 Å². The highest BCUT2D eigenvalue weighted by Gasteiger charge is 2.22. The van der Waals surface area contributed by atoms with E-state index in [1.54, 1.807) is 12.1 Å². The molecule has 0 atom stereocenters. The van der Waals surface area contributed by atoms with Gasteiger partial charge in [-0.1, -0.05) is 6.92 Å². The van der Waals surface area contributed by atoms with Gasteiger partial charge in [0.25, 0.3) is 5.91 Å². The zero-order chi connectivity index (χ0) is 17.6. The average molecular weight is 355 g/mol. The molecule has 1 aliphatic rings. The molecule has 1 saturated heterocycles. The van der Waals surface area contributed by atoms with Gasteiger partial charge in [0, 0.05) is 45.4 Å². The highest BCUT2D eigenvalue weighted by atomic mass is 32.2. The Morgan fingerprint density at radius 1 is 1.17 bits per heavy atom. The van der Waals surface area contributed by atoms with Gasteiger partial charge in [0.2, 0.25) is 10.0 Å². The number of hydrogen-bond acceptors (Lipinski definition) is 5. The summed E-state index contributed by atoms with van der Waals surface area (Å²) in [5.41, 5.74) is 0.510. The van der Waals surface area contributed by atoms with Gasteiger partial charge in [-0.05, 0) is 30.8 Å². The third-order valence-corrected chi connectivity index (χ3v) is 5.59. The minimum atomic E-state index is -3.57. The Labute approximate surface area is 143 Å². The molecule has 0 spiro atoms. The minimum absolute atomic E-state index is 0.0537. The smallest absolute Gasteiger partial charge is 0.253 e. The van der Waals surface area contributed by atoms with Crippen LogP contribution in [-0.2, 0) is 14.8 Å². The van der Waals surface area contributed by atoms with Gasteiger partial charge < -0.3 is 14.5 Å². The normalized spacial score (nSPS) is 16.3. The number of sulfonamides is 1. The largest absolute Gasteiger partial charge is 0.383 e. The third kappa shape index (κ3) is 4.76. The van der Waals surface area contributed by atoms with Crippen molar-refractivity contribution >= 4 is 15.9 Å². The lowest BCUT2D eigenvalue weighted by Gasteiger charge is -2.34. The zero-order valence-corrected chi connectivity index (χ0v) is 15.0. The number of hydrogen-bond donors (Lipinski definition) is 1. The van der Waals surface area contributed by atoms with Crippen molar-refractivity contribution in [3.05, 3.63) is 29.8 Å². The highest BCUT2D eigenvalue weighted by Crippen LogP contribution is 2.13. The molecule has 2 rings (SSSR count). The van der Waals surface area contributed by atoms with Gasteiger partial charge in [0.1, 0.15) is 0 Å². The summed E-state index contributed by atoms with van der Waals surface area (Å²) in [6, 6.07) is 6.06. The maximum Gasteiger partial charge on any atom is 0.253 e. The van der Waals surface area contributed by atoms with Crippen LogP contribution in [0.2, 0.25) is 0 Å². The van der Waals surface area contributed by atoms with E-state index in [1.165, 1.54) is 19.2 Å². The van der Waals surface area contributed by atoms with Crippen LogP contribution in [0, 0.1) is 0 Å². The quantitative estimate of drug-likeness (QED) is 0.716. The molecule has 0 unspecified atom stereocenters. The fraction of sp³-hybridized carbons (Fsp3) is 0.562. The molecular weight excluding hydrogens is 330 g/mol. The second kappa shape index (κ2) is 8.57. The first-order valence-electron chi connectivity index (χ1n) is 8.08. The second-order valence-electron chi connectivity index (χ2n) is 5.64. The Kier molecular flexibility index (Phi) is 6.73. The van der Waals surface area contributed by atoms with Crippen LogP contribution in [0.15, 0.2) is 29.2 Å². The molecule has 0 radical (unpaired) electrons.